The van der Waals surface area contributed by atoms with Gasteiger partial charge in [-0.1, -0.05) is 24.8 Å². The molecule has 0 unspecified atom stereocenters. The summed E-state index contributed by atoms with van der Waals surface area (Å²) in [4.78, 5) is 42.5. The Hall–Kier alpha value is -4.20. The molecule has 1 aromatic heterocycles. The molecule has 3 amide bonds. The first-order valence-corrected chi connectivity index (χ1v) is 10.2. The highest BCUT2D eigenvalue weighted by Gasteiger charge is 2.29. The van der Waals surface area contributed by atoms with Crippen molar-refractivity contribution >= 4 is 34.2 Å². The molecule has 1 aliphatic heterocycles. The van der Waals surface area contributed by atoms with E-state index < -0.39 is 5.91 Å². The monoisotopic (exact) mass is 429 g/mol. The molecule has 0 aliphatic carbocycles. The topological polar surface area (TPSA) is 131 Å². The number of nitrogens with zero attached hydrogens (tertiary/aromatic N) is 2. The summed E-state index contributed by atoms with van der Waals surface area (Å²) < 4.78 is 0. The Morgan fingerprint density at radius 1 is 1.19 bits per heavy atom. The van der Waals surface area contributed by atoms with Gasteiger partial charge in [0.15, 0.2) is 5.69 Å². The van der Waals surface area contributed by atoms with Crippen LogP contribution in [-0.4, -0.2) is 40.7 Å². The number of hydrogen-bond acceptors (Lipinski definition) is 5. The number of anilines is 1. The molecule has 1 aliphatic rings. The number of benzene rings is 2. The van der Waals surface area contributed by atoms with E-state index in [-0.39, 0.29) is 29.6 Å². The summed E-state index contributed by atoms with van der Waals surface area (Å²) in [6.45, 7) is 6.38. The zero-order valence-electron chi connectivity index (χ0n) is 17.6. The lowest BCUT2D eigenvalue weighted by Crippen LogP contribution is -2.30. The molecule has 0 atom stereocenters. The van der Waals surface area contributed by atoms with Gasteiger partial charge in [0.25, 0.3) is 11.8 Å². The summed E-state index contributed by atoms with van der Waals surface area (Å²) in [5.74, 6) is -1.12. The van der Waals surface area contributed by atoms with E-state index in [1.165, 1.54) is 0 Å². The van der Waals surface area contributed by atoms with Crippen molar-refractivity contribution in [2.24, 2.45) is 5.73 Å². The quantitative estimate of drug-likeness (QED) is 0.517. The van der Waals surface area contributed by atoms with Gasteiger partial charge in [0, 0.05) is 29.8 Å². The zero-order chi connectivity index (χ0) is 23.0. The Labute approximate surface area is 184 Å². The summed E-state index contributed by atoms with van der Waals surface area (Å²) in [5.41, 5.74) is 14.7. The maximum Gasteiger partial charge on any atom is 0.272 e. The number of pyridine rings is 1. The van der Waals surface area contributed by atoms with Gasteiger partial charge in [0.05, 0.1) is 17.9 Å². The molecule has 5 N–H and O–H groups in total. The predicted molar refractivity (Wildman–Crippen MR) is 123 cm³/mol. The normalized spacial score (nSPS) is 12.7. The van der Waals surface area contributed by atoms with E-state index >= 15 is 0 Å². The van der Waals surface area contributed by atoms with Crippen molar-refractivity contribution < 1.29 is 14.4 Å². The summed E-state index contributed by atoms with van der Waals surface area (Å²) in [7, 11) is 0. The molecular formula is C24H23N5O3. The van der Waals surface area contributed by atoms with Crippen LogP contribution in [0.5, 0.6) is 0 Å². The van der Waals surface area contributed by atoms with Crippen molar-refractivity contribution in [3.05, 3.63) is 71.4 Å². The maximum absolute atomic E-state index is 12.8. The number of nitrogen functional groups attached to an aromatic ring is 1. The van der Waals surface area contributed by atoms with Crippen molar-refractivity contribution in [3.8, 4) is 11.3 Å². The number of nitrogens with two attached hydrogens (primary N) is 2. The van der Waals surface area contributed by atoms with E-state index in [4.69, 9.17) is 11.5 Å². The van der Waals surface area contributed by atoms with E-state index in [9.17, 15) is 14.4 Å². The molecular weight excluding hydrogens is 406 g/mol. The molecule has 3 aromatic rings. The fourth-order valence-corrected chi connectivity index (χ4v) is 3.84. The average molecular weight is 429 g/mol. The second kappa shape index (κ2) is 8.14. The van der Waals surface area contributed by atoms with E-state index in [1.54, 1.807) is 23.1 Å². The van der Waals surface area contributed by atoms with Crippen LogP contribution in [0.15, 0.2) is 54.6 Å². The van der Waals surface area contributed by atoms with Crippen LogP contribution < -0.4 is 16.8 Å². The number of hydrogen-bond donors (Lipinski definition) is 3. The van der Waals surface area contributed by atoms with Gasteiger partial charge in [-0.2, -0.15) is 0 Å². The number of fused-ring (bicyclic) bond motifs is 3. The first-order chi connectivity index (χ1) is 15.3. The number of carbonyl (C=O) groups is 3. The number of aromatic nitrogens is 1. The van der Waals surface area contributed by atoms with Gasteiger partial charge in [-0.15, -0.1) is 0 Å². The Balaban J connectivity index is 1.75. The SMILES string of the molecule is C=C(CN1Cc2c(ccc3ccc(-c4ccc(N)c(C(=O)NCC)n4)cc23)C1=O)C(N)=O. The van der Waals surface area contributed by atoms with Crippen LogP contribution in [0.4, 0.5) is 5.69 Å². The molecule has 0 radical (unpaired) electrons. The van der Waals surface area contributed by atoms with Crippen LogP contribution in [0, 0.1) is 0 Å². The Bertz CT molecular complexity index is 1300. The minimum atomic E-state index is -0.627. The van der Waals surface area contributed by atoms with Crippen molar-refractivity contribution in [2.75, 3.05) is 18.8 Å². The molecule has 32 heavy (non-hydrogen) atoms. The maximum atomic E-state index is 12.8. The van der Waals surface area contributed by atoms with Crippen LogP contribution in [0.2, 0.25) is 0 Å². The van der Waals surface area contributed by atoms with Crippen LogP contribution in [0.25, 0.3) is 22.0 Å². The Morgan fingerprint density at radius 3 is 2.66 bits per heavy atom. The molecule has 162 valence electrons. The molecule has 0 saturated heterocycles. The highest BCUT2D eigenvalue weighted by atomic mass is 16.2. The minimum Gasteiger partial charge on any atom is -0.397 e. The van der Waals surface area contributed by atoms with Gasteiger partial charge in [-0.3, -0.25) is 14.4 Å². The van der Waals surface area contributed by atoms with Crippen LogP contribution >= 0.6 is 0 Å². The lowest BCUT2D eigenvalue weighted by atomic mass is 9.97. The van der Waals surface area contributed by atoms with Gasteiger partial charge in [0.2, 0.25) is 5.91 Å². The van der Waals surface area contributed by atoms with Crippen molar-refractivity contribution in [1.29, 1.82) is 0 Å². The molecule has 8 heteroatoms. The van der Waals surface area contributed by atoms with Gasteiger partial charge in [-0.25, -0.2) is 4.98 Å². The summed E-state index contributed by atoms with van der Waals surface area (Å²) in [5, 5.41) is 4.58. The van der Waals surface area contributed by atoms with E-state index in [1.807, 2.05) is 31.2 Å². The molecule has 0 fully saturated rings. The predicted octanol–water partition coefficient (Wildman–Crippen LogP) is 2.23. The van der Waals surface area contributed by atoms with Crippen LogP contribution in [0.3, 0.4) is 0 Å². The van der Waals surface area contributed by atoms with Gasteiger partial charge >= 0.3 is 0 Å². The standard InChI is InChI=1S/C24H23N5O3/c1-3-27-23(31)21-19(25)8-9-20(28-21)15-5-4-14-6-7-16-18(17(14)10-15)12-29(24(16)32)11-13(2)22(26)30/h4-10H,2-3,11-12,25H2,1H3,(H2,26,30)(H,27,31). The third kappa shape index (κ3) is 3.66. The number of rotatable bonds is 6. The lowest BCUT2D eigenvalue weighted by Gasteiger charge is -2.15. The number of nitrogens with one attached hydrogen (secondary N) is 1. The van der Waals surface area contributed by atoms with E-state index in [0.29, 0.717) is 30.0 Å². The Morgan fingerprint density at radius 2 is 1.94 bits per heavy atom. The first kappa shape index (κ1) is 21.0. The molecule has 4 rings (SSSR count). The van der Waals surface area contributed by atoms with Crippen LogP contribution in [0.1, 0.15) is 33.3 Å². The van der Waals surface area contributed by atoms with Gasteiger partial charge in [0.1, 0.15) is 0 Å². The highest BCUT2D eigenvalue weighted by Crippen LogP contribution is 2.33. The van der Waals surface area contributed by atoms with Crippen molar-refractivity contribution in [3.63, 3.8) is 0 Å². The molecule has 0 bridgehead atoms. The lowest BCUT2D eigenvalue weighted by molar-refractivity contribution is -0.114. The smallest absolute Gasteiger partial charge is 0.272 e. The van der Waals surface area contributed by atoms with Gasteiger partial charge < -0.3 is 21.7 Å². The second-order valence-electron chi connectivity index (χ2n) is 7.65. The minimum absolute atomic E-state index is 0.0828. The number of amides is 3. The first-order valence-electron chi connectivity index (χ1n) is 10.2. The Kier molecular flexibility index (Phi) is 5.36. The van der Waals surface area contributed by atoms with Gasteiger partial charge in [-0.05, 0) is 47.5 Å². The van der Waals surface area contributed by atoms with Crippen LogP contribution in [-0.2, 0) is 11.3 Å². The summed E-state index contributed by atoms with van der Waals surface area (Å²) in [6.07, 6.45) is 0. The number of primary amides is 1. The third-order valence-electron chi connectivity index (χ3n) is 5.50. The molecule has 8 nitrogen and oxygen atoms in total. The highest BCUT2D eigenvalue weighted by molar-refractivity contribution is 6.06. The average Bonchev–Trinajstić information content (AvgIpc) is 3.09. The largest absolute Gasteiger partial charge is 0.397 e. The molecule has 2 heterocycles. The zero-order valence-corrected chi connectivity index (χ0v) is 17.6. The van der Waals surface area contributed by atoms with E-state index in [2.05, 4.69) is 16.9 Å². The molecule has 0 spiro atoms. The van der Waals surface area contributed by atoms with Crippen molar-refractivity contribution in [2.45, 2.75) is 13.5 Å². The molecule has 2 aromatic carbocycles. The fraction of sp³-hybridized carbons (Fsp3) is 0.167. The summed E-state index contributed by atoms with van der Waals surface area (Å²) >= 11 is 0. The summed E-state index contributed by atoms with van der Waals surface area (Å²) in [6, 6.07) is 12.9. The second-order valence-corrected chi connectivity index (χ2v) is 7.65. The van der Waals surface area contributed by atoms with E-state index in [0.717, 1.165) is 21.9 Å². The van der Waals surface area contributed by atoms with Crippen molar-refractivity contribution in [1.82, 2.24) is 15.2 Å². The number of carbonyl (C=O) groups excluding carboxylic acids is 3. The molecule has 0 saturated carbocycles. The third-order valence-corrected chi connectivity index (χ3v) is 5.50. The fourth-order valence-electron chi connectivity index (χ4n) is 3.84.